The molecule has 1 amide bonds. The number of hydrogen-bond acceptors (Lipinski definition) is 4. The van der Waals surface area contributed by atoms with Crippen molar-refractivity contribution in [3.63, 3.8) is 0 Å². The number of ether oxygens (including phenoxy) is 2. The van der Waals surface area contributed by atoms with Crippen LogP contribution in [0.1, 0.15) is 13.3 Å². The van der Waals surface area contributed by atoms with Gasteiger partial charge in [0.2, 0.25) is 0 Å². The topological polar surface area (TPSA) is 50.8 Å². The fourth-order valence-electron chi connectivity index (χ4n) is 1.68. The highest BCUT2D eigenvalue weighted by molar-refractivity contribution is 6.32. The monoisotopic (exact) mass is 340 g/mol. The van der Waals surface area contributed by atoms with Gasteiger partial charge in [-0.1, -0.05) is 17.7 Å². The summed E-state index contributed by atoms with van der Waals surface area (Å²) in [5, 5.41) is 3.23. The summed E-state index contributed by atoms with van der Waals surface area (Å²) in [6, 6.07) is 5.17. The molecule has 1 N–H and O–H groups in total. The van der Waals surface area contributed by atoms with E-state index in [0.717, 1.165) is 6.54 Å². The highest BCUT2D eigenvalue weighted by Crippen LogP contribution is 2.27. The van der Waals surface area contributed by atoms with Gasteiger partial charge in [0.25, 0.3) is 5.91 Å². The van der Waals surface area contributed by atoms with E-state index < -0.39 is 6.10 Å². The van der Waals surface area contributed by atoms with Crippen LogP contribution in [0.2, 0.25) is 5.02 Å². The number of anilines is 1. The molecule has 1 aromatic carbocycles. The number of carbonyl (C=O) groups excluding carboxylic acids is 1. The Morgan fingerprint density at radius 1 is 1.43 bits per heavy atom. The molecule has 0 aliphatic heterocycles. The molecule has 0 spiro atoms. The van der Waals surface area contributed by atoms with E-state index in [4.69, 9.17) is 21.1 Å². The Hall–Kier alpha value is -1.56. The van der Waals surface area contributed by atoms with E-state index in [1.165, 1.54) is 0 Å². The van der Waals surface area contributed by atoms with Crippen LogP contribution in [0, 0.1) is 0 Å². The Balaban J connectivity index is 2.53. The summed E-state index contributed by atoms with van der Waals surface area (Å²) in [4.78, 5) is 14.0. The third-order valence-electron chi connectivity index (χ3n) is 3.05. The number of rotatable bonds is 10. The molecule has 0 heterocycles. The molecule has 0 aliphatic rings. The lowest BCUT2D eigenvalue weighted by Crippen LogP contribution is -2.28. The second-order valence-electron chi connectivity index (χ2n) is 5.38. The van der Waals surface area contributed by atoms with Gasteiger partial charge in [-0.15, -0.1) is 6.58 Å². The number of amides is 1. The summed E-state index contributed by atoms with van der Waals surface area (Å²) in [5.74, 6) is 0.383. The SMILES string of the molecule is C=CCCOC(C)C(=O)Nc1ccc(OCCN(C)C)c(Cl)c1. The molecule has 0 bridgehead atoms. The van der Waals surface area contributed by atoms with Crippen LogP contribution < -0.4 is 10.1 Å². The zero-order valence-electron chi connectivity index (χ0n) is 14.0. The van der Waals surface area contributed by atoms with Gasteiger partial charge in [0.1, 0.15) is 18.5 Å². The van der Waals surface area contributed by atoms with Crippen molar-refractivity contribution >= 4 is 23.2 Å². The molecule has 128 valence electrons. The first kappa shape index (κ1) is 19.5. The van der Waals surface area contributed by atoms with Crippen LogP contribution >= 0.6 is 11.6 Å². The maximum absolute atomic E-state index is 12.0. The molecule has 0 saturated heterocycles. The summed E-state index contributed by atoms with van der Waals surface area (Å²) in [6.45, 7) is 7.13. The molecule has 1 unspecified atom stereocenters. The minimum atomic E-state index is -0.537. The number of carbonyl (C=O) groups is 1. The average Bonchev–Trinajstić information content (AvgIpc) is 2.49. The summed E-state index contributed by atoms with van der Waals surface area (Å²) >= 11 is 6.18. The van der Waals surface area contributed by atoms with Gasteiger partial charge in [0, 0.05) is 12.2 Å². The van der Waals surface area contributed by atoms with Gasteiger partial charge in [-0.3, -0.25) is 4.79 Å². The van der Waals surface area contributed by atoms with Crippen LogP contribution in [-0.4, -0.2) is 50.8 Å². The lowest BCUT2D eigenvalue weighted by molar-refractivity contribution is -0.126. The molecule has 0 fully saturated rings. The Morgan fingerprint density at radius 3 is 2.78 bits per heavy atom. The van der Waals surface area contributed by atoms with Crippen LogP contribution in [0.5, 0.6) is 5.75 Å². The normalized spacial score (nSPS) is 12.0. The number of benzene rings is 1. The van der Waals surface area contributed by atoms with E-state index in [2.05, 4.69) is 11.9 Å². The highest BCUT2D eigenvalue weighted by atomic mass is 35.5. The zero-order valence-corrected chi connectivity index (χ0v) is 14.7. The molecule has 1 rings (SSSR count). The van der Waals surface area contributed by atoms with E-state index in [-0.39, 0.29) is 5.91 Å². The fourth-order valence-corrected chi connectivity index (χ4v) is 1.92. The van der Waals surface area contributed by atoms with E-state index in [1.807, 2.05) is 19.0 Å². The molecule has 1 aromatic rings. The number of nitrogens with one attached hydrogen (secondary N) is 1. The quantitative estimate of drug-likeness (QED) is 0.525. The van der Waals surface area contributed by atoms with Gasteiger partial charge in [-0.2, -0.15) is 0 Å². The van der Waals surface area contributed by atoms with Crippen LogP contribution in [-0.2, 0) is 9.53 Å². The molecule has 1 atom stereocenters. The van der Waals surface area contributed by atoms with E-state index in [1.54, 1.807) is 31.2 Å². The zero-order chi connectivity index (χ0) is 17.2. The van der Waals surface area contributed by atoms with Crippen molar-refractivity contribution in [1.82, 2.24) is 4.90 Å². The molecule has 23 heavy (non-hydrogen) atoms. The first-order chi connectivity index (χ1) is 10.9. The second kappa shape index (κ2) is 10.3. The van der Waals surface area contributed by atoms with Gasteiger partial charge in [0.15, 0.2) is 0 Å². The fraction of sp³-hybridized carbons (Fsp3) is 0.471. The average molecular weight is 341 g/mol. The van der Waals surface area contributed by atoms with Gasteiger partial charge in [-0.05, 0) is 45.6 Å². The lowest BCUT2D eigenvalue weighted by atomic mass is 10.2. The third kappa shape index (κ3) is 7.50. The second-order valence-corrected chi connectivity index (χ2v) is 5.78. The van der Waals surface area contributed by atoms with Crippen LogP contribution in [0.4, 0.5) is 5.69 Å². The van der Waals surface area contributed by atoms with Gasteiger partial charge in [0.05, 0.1) is 11.6 Å². The van der Waals surface area contributed by atoms with E-state index in [9.17, 15) is 4.79 Å². The summed E-state index contributed by atoms with van der Waals surface area (Å²) in [7, 11) is 3.95. The number of likely N-dealkylation sites (N-methyl/N-ethyl adjacent to an activating group) is 1. The highest BCUT2D eigenvalue weighted by Gasteiger charge is 2.14. The number of nitrogens with zero attached hydrogens (tertiary/aromatic N) is 1. The molecule has 0 radical (unpaired) electrons. The van der Waals surface area contributed by atoms with Crippen molar-refractivity contribution in [3.8, 4) is 5.75 Å². The van der Waals surface area contributed by atoms with Gasteiger partial charge < -0.3 is 19.7 Å². The van der Waals surface area contributed by atoms with Crippen molar-refractivity contribution in [2.75, 3.05) is 39.2 Å². The predicted octanol–water partition coefficient (Wildman–Crippen LogP) is 3.20. The van der Waals surface area contributed by atoms with Gasteiger partial charge in [-0.25, -0.2) is 0 Å². The lowest BCUT2D eigenvalue weighted by Gasteiger charge is -2.15. The molecule has 6 heteroatoms. The van der Waals surface area contributed by atoms with Crippen molar-refractivity contribution < 1.29 is 14.3 Å². The van der Waals surface area contributed by atoms with Crippen LogP contribution in [0.25, 0.3) is 0 Å². The summed E-state index contributed by atoms with van der Waals surface area (Å²) < 4.78 is 11.0. The maximum atomic E-state index is 12.0. The minimum Gasteiger partial charge on any atom is -0.491 e. The van der Waals surface area contributed by atoms with Crippen molar-refractivity contribution in [2.45, 2.75) is 19.4 Å². The Bertz CT molecular complexity index is 521. The van der Waals surface area contributed by atoms with Crippen molar-refractivity contribution in [3.05, 3.63) is 35.9 Å². The number of hydrogen-bond donors (Lipinski definition) is 1. The first-order valence-electron chi connectivity index (χ1n) is 7.54. The van der Waals surface area contributed by atoms with Gasteiger partial charge >= 0.3 is 0 Å². The Labute approximate surface area is 143 Å². The molecule has 5 nitrogen and oxygen atoms in total. The summed E-state index contributed by atoms with van der Waals surface area (Å²) in [5.41, 5.74) is 0.610. The number of halogens is 1. The molecule has 0 aliphatic carbocycles. The molecule has 0 aromatic heterocycles. The van der Waals surface area contributed by atoms with Crippen LogP contribution in [0.3, 0.4) is 0 Å². The Morgan fingerprint density at radius 2 is 2.17 bits per heavy atom. The smallest absolute Gasteiger partial charge is 0.253 e. The standard InChI is InChI=1S/C17H25ClN2O3/c1-5-6-10-22-13(2)17(21)19-14-7-8-16(15(18)12-14)23-11-9-20(3)4/h5,7-8,12-13H,1,6,9-11H2,2-4H3,(H,19,21). The van der Waals surface area contributed by atoms with E-state index in [0.29, 0.717) is 36.1 Å². The van der Waals surface area contributed by atoms with Crippen molar-refractivity contribution in [2.24, 2.45) is 0 Å². The molecular formula is C17H25ClN2O3. The van der Waals surface area contributed by atoms with Crippen LogP contribution in [0.15, 0.2) is 30.9 Å². The van der Waals surface area contributed by atoms with Crippen molar-refractivity contribution in [1.29, 1.82) is 0 Å². The Kier molecular flexibility index (Phi) is 8.69. The largest absolute Gasteiger partial charge is 0.491 e. The van der Waals surface area contributed by atoms with E-state index >= 15 is 0 Å². The maximum Gasteiger partial charge on any atom is 0.253 e. The molecule has 0 saturated carbocycles. The summed E-state index contributed by atoms with van der Waals surface area (Å²) in [6.07, 6.45) is 1.92. The minimum absolute atomic E-state index is 0.216. The first-order valence-corrected chi connectivity index (χ1v) is 7.92. The third-order valence-corrected chi connectivity index (χ3v) is 3.35. The predicted molar refractivity (Wildman–Crippen MR) is 94.4 cm³/mol. The molecular weight excluding hydrogens is 316 g/mol.